The highest BCUT2D eigenvalue weighted by Gasteiger charge is 2.31. The van der Waals surface area contributed by atoms with Gasteiger partial charge < -0.3 is 19.2 Å². The molecule has 0 spiro atoms. The molecular formula is C15H25NO4. The van der Waals surface area contributed by atoms with Crippen LogP contribution in [0.15, 0.2) is 22.8 Å². The fourth-order valence-corrected chi connectivity index (χ4v) is 2.12. The van der Waals surface area contributed by atoms with Crippen LogP contribution in [0.2, 0.25) is 0 Å². The molecule has 1 aromatic heterocycles. The Morgan fingerprint density at radius 3 is 2.60 bits per heavy atom. The fourth-order valence-electron chi connectivity index (χ4n) is 2.12. The zero-order valence-corrected chi connectivity index (χ0v) is 12.9. The Morgan fingerprint density at radius 1 is 1.50 bits per heavy atom. The molecule has 0 aliphatic heterocycles. The van der Waals surface area contributed by atoms with Crippen LogP contribution in [-0.2, 0) is 4.74 Å². The van der Waals surface area contributed by atoms with Gasteiger partial charge in [-0.05, 0) is 45.2 Å². The van der Waals surface area contributed by atoms with Gasteiger partial charge in [-0.3, -0.25) is 0 Å². The molecule has 0 fully saturated rings. The largest absolute Gasteiger partial charge is 0.467 e. The first-order chi connectivity index (χ1) is 9.26. The van der Waals surface area contributed by atoms with Crippen LogP contribution in [0.5, 0.6) is 0 Å². The molecule has 0 saturated carbocycles. The molecule has 114 valence electrons. The van der Waals surface area contributed by atoms with Crippen LogP contribution in [0, 0.1) is 5.92 Å². The molecule has 5 heteroatoms. The summed E-state index contributed by atoms with van der Waals surface area (Å²) in [7, 11) is 1.69. The summed E-state index contributed by atoms with van der Waals surface area (Å²) in [5.41, 5.74) is -0.542. The second-order valence-electron chi connectivity index (χ2n) is 6.04. The molecule has 0 saturated heterocycles. The lowest BCUT2D eigenvalue weighted by atomic mass is 9.95. The van der Waals surface area contributed by atoms with Crippen molar-refractivity contribution < 1.29 is 19.1 Å². The van der Waals surface area contributed by atoms with E-state index in [0.29, 0.717) is 12.2 Å². The van der Waals surface area contributed by atoms with Gasteiger partial charge in [-0.2, -0.15) is 0 Å². The van der Waals surface area contributed by atoms with Gasteiger partial charge in [0.05, 0.1) is 12.3 Å². The standard InChI is InChI=1S/C15H25NO4/c1-11(8-9-17)13(12-7-6-10-19-12)16(5)14(18)20-15(2,3)4/h6-7,10-11,13,17H,8-9H2,1-5H3/t11?,13-/m0/s1. The fraction of sp³-hybridized carbons (Fsp3) is 0.667. The predicted molar refractivity (Wildman–Crippen MR) is 76.3 cm³/mol. The van der Waals surface area contributed by atoms with Gasteiger partial charge >= 0.3 is 6.09 Å². The number of carbonyl (C=O) groups excluding carboxylic acids is 1. The van der Waals surface area contributed by atoms with Gasteiger partial charge in [-0.25, -0.2) is 4.79 Å². The summed E-state index contributed by atoms with van der Waals surface area (Å²) >= 11 is 0. The highest BCUT2D eigenvalue weighted by molar-refractivity contribution is 5.68. The summed E-state index contributed by atoms with van der Waals surface area (Å²) in [6.07, 6.45) is 1.76. The van der Waals surface area contributed by atoms with Crippen LogP contribution in [0.1, 0.15) is 45.9 Å². The minimum absolute atomic E-state index is 0.0590. The second kappa shape index (κ2) is 6.79. The van der Waals surface area contributed by atoms with Gasteiger partial charge in [0.15, 0.2) is 0 Å². The SMILES string of the molecule is CC(CCO)[C@@H](c1ccco1)N(C)C(=O)OC(C)(C)C. The molecule has 1 unspecified atom stereocenters. The maximum atomic E-state index is 12.2. The molecule has 1 rings (SSSR count). The van der Waals surface area contributed by atoms with Crippen molar-refractivity contribution in [3.63, 3.8) is 0 Å². The third kappa shape index (κ3) is 4.56. The molecule has 0 bridgehead atoms. The van der Waals surface area contributed by atoms with Gasteiger partial charge in [-0.1, -0.05) is 6.92 Å². The molecule has 0 aliphatic rings. The van der Waals surface area contributed by atoms with Gasteiger partial charge in [0.25, 0.3) is 0 Å². The molecule has 1 heterocycles. The van der Waals surface area contributed by atoms with Crippen molar-refractivity contribution in [2.75, 3.05) is 13.7 Å². The van der Waals surface area contributed by atoms with Crippen molar-refractivity contribution in [1.82, 2.24) is 4.90 Å². The lowest BCUT2D eigenvalue weighted by molar-refractivity contribution is 0.0127. The van der Waals surface area contributed by atoms with Crippen LogP contribution in [0.25, 0.3) is 0 Å². The third-order valence-electron chi connectivity index (χ3n) is 3.06. The van der Waals surface area contributed by atoms with Gasteiger partial charge in [0.2, 0.25) is 0 Å². The first-order valence-corrected chi connectivity index (χ1v) is 6.86. The van der Waals surface area contributed by atoms with Crippen molar-refractivity contribution >= 4 is 6.09 Å². The van der Waals surface area contributed by atoms with E-state index < -0.39 is 11.7 Å². The number of hydrogen-bond donors (Lipinski definition) is 1. The maximum Gasteiger partial charge on any atom is 0.410 e. The first kappa shape index (κ1) is 16.6. The number of rotatable bonds is 5. The summed E-state index contributed by atoms with van der Waals surface area (Å²) in [6.45, 7) is 7.54. The predicted octanol–water partition coefficient (Wildman–Crippen LogP) is 3.21. The normalized spacial score (nSPS) is 14.7. The highest BCUT2D eigenvalue weighted by atomic mass is 16.6. The first-order valence-electron chi connectivity index (χ1n) is 6.86. The molecular weight excluding hydrogens is 258 g/mol. The van der Waals surface area contributed by atoms with Crippen molar-refractivity contribution in [1.29, 1.82) is 0 Å². The maximum absolute atomic E-state index is 12.2. The van der Waals surface area contributed by atoms with Gasteiger partial charge in [-0.15, -0.1) is 0 Å². The zero-order valence-electron chi connectivity index (χ0n) is 12.9. The number of amides is 1. The smallest absolute Gasteiger partial charge is 0.410 e. The van der Waals surface area contributed by atoms with E-state index in [2.05, 4.69) is 0 Å². The van der Waals surface area contributed by atoms with E-state index in [4.69, 9.17) is 14.3 Å². The van der Waals surface area contributed by atoms with E-state index in [1.807, 2.05) is 33.8 Å². The van der Waals surface area contributed by atoms with E-state index in [-0.39, 0.29) is 18.6 Å². The quantitative estimate of drug-likeness (QED) is 0.901. The Hall–Kier alpha value is -1.49. The van der Waals surface area contributed by atoms with E-state index in [1.165, 1.54) is 4.90 Å². The zero-order chi connectivity index (χ0) is 15.3. The molecule has 20 heavy (non-hydrogen) atoms. The summed E-state index contributed by atoms with van der Waals surface area (Å²) in [5, 5.41) is 9.12. The van der Waals surface area contributed by atoms with Crippen LogP contribution in [0.4, 0.5) is 4.79 Å². The Kier molecular flexibility index (Phi) is 5.62. The number of aliphatic hydroxyl groups is 1. The van der Waals surface area contributed by atoms with Crippen LogP contribution >= 0.6 is 0 Å². The molecule has 0 aromatic carbocycles. The molecule has 1 aromatic rings. The topological polar surface area (TPSA) is 62.9 Å². The molecule has 1 amide bonds. The summed E-state index contributed by atoms with van der Waals surface area (Å²) < 4.78 is 10.8. The Morgan fingerprint density at radius 2 is 2.15 bits per heavy atom. The van der Waals surface area contributed by atoms with Crippen molar-refractivity contribution in [3.05, 3.63) is 24.2 Å². The molecule has 2 atom stereocenters. The summed E-state index contributed by atoms with van der Waals surface area (Å²) in [6, 6.07) is 3.36. The minimum atomic E-state index is -0.542. The van der Waals surface area contributed by atoms with E-state index in [0.717, 1.165) is 0 Å². The number of carbonyl (C=O) groups is 1. The summed E-state index contributed by atoms with van der Waals surface area (Å²) in [4.78, 5) is 13.7. The van der Waals surface area contributed by atoms with Crippen molar-refractivity contribution in [3.8, 4) is 0 Å². The Labute approximate surface area is 120 Å². The molecule has 5 nitrogen and oxygen atoms in total. The molecule has 0 radical (unpaired) electrons. The summed E-state index contributed by atoms with van der Waals surface area (Å²) in [5.74, 6) is 0.753. The number of hydrogen-bond acceptors (Lipinski definition) is 4. The number of furan rings is 1. The van der Waals surface area contributed by atoms with Crippen LogP contribution in [0.3, 0.4) is 0 Å². The van der Waals surface area contributed by atoms with Crippen molar-refractivity contribution in [2.24, 2.45) is 5.92 Å². The van der Waals surface area contributed by atoms with Gasteiger partial charge in [0.1, 0.15) is 11.4 Å². The average Bonchev–Trinajstić information content (AvgIpc) is 2.80. The third-order valence-corrected chi connectivity index (χ3v) is 3.06. The minimum Gasteiger partial charge on any atom is -0.467 e. The van der Waals surface area contributed by atoms with Crippen LogP contribution in [-0.4, -0.2) is 35.4 Å². The number of nitrogens with zero attached hydrogens (tertiary/aromatic N) is 1. The molecule has 0 aliphatic carbocycles. The monoisotopic (exact) mass is 283 g/mol. The van der Waals surface area contributed by atoms with E-state index in [9.17, 15) is 4.79 Å². The van der Waals surface area contributed by atoms with Crippen molar-refractivity contribution in [2.45, 2.75) is 45.8 Å². The van der Waals surface area contributed by atoms with Crippen LogP contribution < -0.4 is 0 Å². The lowest BCUT2D eigenvalue weighted by Gasteiger charge is -2.32. The number of aliphatic hydroxyl groups excluding tert-OH is 1. The number of ether oxygens (including phenoxy) is 1. The van der Waals surface area contributed by atoms with Gasteiger partial charge in [0, 0.05) is 13.7 Å². The van der Waals surface area contributed by atoms with E-state index in [1.54, 1.807) is 19.4 Å². The molecule has 1 N–H and O–H groups in total. The Balaban J connectivity index is 2.90. The average molecular weight is 283 g/mol. The lowest BCUT2D eigenvalue weighted by Crippen LogP contribution is -2.39. The van der Waals surface area contributed by atoms with E-state index >= 15 is 0 Å². The highest BCUT2D eigenvalue weighted by Crippen LogP contribution is 2.31. The Bertz CT molecular complexity index is 408. The second-order valence-corrected chi connectivity index (χ2v) is 6.04.